The van der Waals surface area contributed by atoms with Crippen LogP contribution in [0.2, 0.25) is 0 Å². The van der Waals surface area contributed by atoms with Crippen molar-refractivity contribution in [1.29, 1.82) is 0 Å². The molecule has 114 valence electrons. The summed E-state index contributed by atoms with van der Waals surface area (Å²) in [4.78, 5) is 4.72. The SMILES string of the molecule is CC(NCc1csc(C(C)(C)C)n1)c1nnc2n1CCC2. The van der Waals surface area contributed by atoms with Gasteiger partial charge in [-0.15, -0.1) is 21.5 Å². The fourth-order valence-electron chi connectivity index (χ4n) is 2.57. The van der Waals surface area contributed by atoms with E-state index in [1.807, 2.05) is 0 Å². The van der Waals surface area contributed by atoms with Gasteiger partial charge in [0.1, 0.15) is 11.6 Å². The first kappa shape index (κ1) is 14.7. The summed E-state index contributed by atoms with van der Waals surface area (Å²) in [5.41, 5.74) is 1.24. The smallest absolute Gasteiger partial charge is 0.149 e. The molecule has 0 radical (unpaired) electrons. The van der Waals surface area contributed by atoms with E-state index < -0.39 is 0 Å². The van der Waals surface area contributed by atoms with Crippen LogP contribution in [0.3, 0.4) is 0 Å². The minimum Gasteiger partial charge on any atom is -0.314 e. The van der Waals surface area contributed by atoms with E-state index in [1.54, 1.807) is 11.3 Å². The van der Waals surface area contributed by atoms with Crippen LogP contribution < -0.4 is 5.32 Å². The maximum atomic E-state index is 4.72. The Morgan fingerprint density at radius 2 is 2.19 bits per heavy atom. The zero-order chi connectivity index (χ0) is 15.0. The lowest BCUT2D eigenvalue weighted by Gasteiger charge is -2.14. The molecule has 0 bridgehead atoms. The largest absolute Gasteiger partial charge is 0.314 e. The number of thiazole rings is 1. The number of fused-ring (bicyclic) bond motifs is 1. The van der Waals surface area contributed by atoms with Crippen molar-refractivity contribution in [2.24, 2.45) is 0 Å². The Balaban J connectivity index is 1.63. The maximum Gasteiger partial charge on any atom is 0.149 e. The first-order chi connectivity index (χ1) is 9.95. The highest BCUT2D eigenvalue weighted by molar-refractivity contribution is 7.09. The van der Waals surface area contributed by atoms with Crippen molar-refractivity contribution in [3.63, 3.8) is 0 Å². The molecule has 3 heterocycles. The molecule has 0 aromatic carbocycles. The standard InChI is InChI=1S/C15H23N5S/c1-10(13-19-18-12-6-5-7-20(12)13)16-8-11-9-21-14(17-11)15(2,3)4/h9-10,16H,5-8H2,1-4H3. The Kier molecular flexibility index (Phi) is 3.84. The van der Waals surface area contributed by atoms with Gasteiger partial charge in [-0.1, -0.05) is 20.8 Å². The number of rotatable bonds is 4. The lowest BCUT2D eigenvalue weighted by atomic mass is 9.98. The molecule has 0 amide bonds. The summed E-state index contributed by atoms with van der Waals surface area (Å²) in [5.74, 6) is 2.18. The van der Waals surface area contributed by atoms with Gasteiger partial charge >= 0.3 is 0 Å². The van der Waals surface area contributed by atoms with Gasteiger partial charge in [0.15, 0.2) is 0 Å². The first-order valence-corrected chi connectivity index (χ1v) is 8.43. The van der Waals surface area contributed by atoms with Crippen LogP contribution in [0.15, 0.2) is 5.38 Å². The topological polar surface area (TPSA) is 55.6 Å². The second kappa shape index (κ2) is 5.50. The third kappa shape index (κ3) is 3.01. The van der Waals surface area contributed by atoms with Crippen LogP contribution in [0.1, 0.15) is 62.5 Å². The van der Waals surface area contributed by atoms with Crippen LogP contribution in [0, 0.1) is 0 Å². The Hall–Kier alpha value is -1.27. The van der Waals surface area contributed by atoms with Crippen molar-refractivity contribution in [1.82, 2.24) is 25.1 Å². The average molecular weight is 305 g/mol. The quantitative estimate of drug-likeness (QED) is 0.943. The van der Waals surface area contributed by atoms with Crippen molar-refractivity contribution in [2.75, 3.05) is 0 Å². The fourth-order valence-corrected chi connectivity index (χ4v) is 3.48. The highest BCUT2D eigenvalue weighted by Gasteiger charge is 2.22. The molecule has 5 nitrogen and oxygen atoms in total. The molecule has 3 rings (SSSR count). The van der Waals surface area contributed by atoms with Crippen molar-refractivity contribution < 1.29 is 0 Å². The first-order valence-electron chi connectivity index (χ1n) is 7.55. The number of hydrogen-bond donors (Lipinski definition) is 1. The number of nitrogens with one attached hydrogen (secondary N) is 1. The van der Waals surface area contributed by atoms with E-state index in [0.29, 0.717) is 0 Å². The van der Waals surface area contributed by atoms with Gasteiger partial charge in [0.2, 0.25) is 0 Å². The lowest BCUT2D eigenvalue weighted by molar-refractivity contribution is 0.510. The van der Waals surface area contributed by atoms with E-state index in [9.17, 15) is 0 Å². The number of nitrogens with zero attached hydrogens (tertiary/aromatic N) is 4. The third-order valence-corrected chi connectivity index (χ3v) is 5.12. The highest BCUT2D eigenvalue weighted by Crippen LogP contribution is 2.26. The molecule has 2 aromatic rings. The van der Waals surface area contributed by atoms with E-state index in [0.717, 1.165) is 36.9 Å². The molecule has 0 spiro atoms. The predicted octanol–water partition coefficient (Wildman–Crippen LogP) is 2.83. The Bertz CT molecular complexity index is 622. The molecule has 1 aliphatic heterocycles. The van der Waals surface area contributed by atoms with Gasteiger partial charge in [0, 0.05) is 30.3 Å². The van der Waals surface area contributed by atoms with Crippen molar-refractivity contribution in [2.45, 2.75) is 65.1 Å². The summed E-state index contributed by atoms with van der Waals surface area (Å²) in [7, 11) is 0. The summed E-state index contributed by atoms with van der Waals surface area (Å²) in [6.07, 6.45) is 2.24. The molecule has 1 aliphatic rings. The van der Waals surface area contributed by atoms with E-state index in [1.165, 1.54) is 11.4 Å². The number of aromatic nitrogens is 4. The molecular weight excluding hydrogens is 282 g/mol. The van der Waals surface area contributed by atoms with Crippen molar-refractivity contribution in [3.8, 4) is 0 Å². The summed E-state index contributed by atoms with van der Waals surface area (Å²) < 4.78 is 2.25. The Morgan fingerprint density at radius 3 is 2.90 bits per heavy atom. The lowest BCUT2D eigenvalue weighted by Crippen LogP contribution is -2.22. The fraction of sp³-hybridized carbons (Fsp3) is 0.667. The predicted molar refractivity (Wildman–Crippen MR) is 84.4 cm³/mol. The van der Waals surface area contributed by atoms with Crippen LogP contribution in [-0.4, -0.2) is 19.7 Å². The minimum atomic E-state index is 0.127. The van der Waals surface area contributed by atoms with Crippen LogP contribution in [-0.2, 0) is 24.9 Å². The van der Waals surface area contributed by atoms with Gasteiger partial charge in [0.25, 0.3) is 0 Å². The van der Waals surface area contributed by atoms with E-state index >= 15 is 0 Å². The Labute approximate surface area is 129 Å². The van der Waals surface area contributed by atoms with E-state index in [-0.39, 0.29) is 11.5 Å². The third-order valence-electron chi connectivity index (χ3n) is 3.81. The van der Waals surface area contributed by atoms with Crippen LogP contribution >= 0.6 is 11.3 Å². The number of hydrogen-bond acceptors (Lipinski definition) is 5. The van der Waals surface area contributed by atoms with Crippen LogP contribution in [0.25, 0.3) is 0 Å². The molecule has 1 unspecified atom stereocenters. The monoisotopic (exact) mass is 305 g/mol. The summed E-state index contributed by atoms with van der Waals surface area (Å²) >= 11 is 1.74. The second-order valence-electron chi connectivity index (χ2n) is 6.73. The normalized spacial score (nSPS) is 16.2. The van der Waals surface area contributed by atoms with Crippen LogP contribution in [0.5, 0.6) is 0 Å². The molecule has 0 saturated heterocycles. The van der Waals surface area contributed by atoms with Crippen LogP contribution in [0.4, 0.5) is 0 Å². The summed E-state index contributed by atoms with van der Waals surface area (Å²) in [6.45, 7) is 10.6. The van der Waals surface area contributed by atoms with E-state index in [2.05, 4.69) is 53.2 Å². The van der Waals surface area contributed by atoms with Gasteiger partial charge < -0.3 is 9.88 Å². The van der Waals surface area contributed by atoms with Crippen molar-refractivity contribution in [3.05, 3.63) is 27.7 Å². The summed E-state index contributed by atoms with van der Waals surface area (Å²) in [5, 5.41) is 15.4. The second-order valence-corrected chi connectivity index (χ2v) is 7.58. The van der Waals surface area contributed by atoms with Gasteiger partial charge in [-0.05, 0) is 13.3 Å². The Morgan fingerprint density at radius 1 is 1.38 bits per heavy atom. The minimum absolute atomic E-state index is 0.127. The molecule has 0 aliphatic carbocycles. The van der Waals surface area contributed by atoms with E-state index in [4.69, 9.17) is 4.98 Å². The molecule has 2 aromatic heterocycles. The van der Waals surface area contributed by atoms with Gasteiger partial charge in [0.05, 0.1) is 16.7 Å². The van der Waals surface area contributed by atoms with Gasteiger partial charge in [-0.25, -0.2) is 4.98 Å². The molecular formula is C15H23N5S. The molecule has 21 heavy (non-hydrogen) atoms. The number of aryl methyl sites for hydroxylation is 1. The molecule has 0 fully saturated rings. The summed E-state index contributed by atoms with van der Waals surface area (Å²) in [6, 6.07) is 0.198. The van der Waals surface area contributed by atoms with Crippen molar-refractivity contribution >= 4 is 11.3 Å². The van der Waals surface area contributed by atoms with Gasteiger partial charge in [-0.2, -0.15) is 0 Å². The zero-order valence-electron chi connectivity index (χ0n) is 13.2. The van der Waals surface area contributed by atoms with Gasteiger partial charge in [-0.3, -0.25) is 0 Å². The maximum absolute atomic E-state index is 4.72. The zero-order valence-corrected chi connectivity index (χ0v) is 14.0. The molecule has 6 heteroatoms. The highest BCUT2D eigenvalue weighted by atomic mass is 32.1. The average Bonchev–Trinajstić information content (AvgIpc) is 3.10. The molecule has 1 atom stereocenters. The molecule has 0 saturated carbocycles. The molecule has 1 N–H and O–H groups in total.